The molecule has 4 heteroatoms. The molecule has 0 spiro atoms. The Labute approximate surface area is 94.1 Å². The maximum Gasteiger partial charge on any atom is 0.126 e. The Kier molecular flexibility index (Phi) is 3.74. The van der Waals surface area contributed by atoms with Crippen molar-refractivity contribution in [1.82, 2.24) is 0 Å². The number of hydrogen-bond donors (Lipinski definition) is 0. The lowest BCUT2D eigenvalue weighted by molar-refractivity contribution is -0.0120. The van der Waals surface area contributed by atoms with Gasteiger partial charge in [0, 0.05) is 19.6 Å². The quantitative estimate of drug-likeness (QED) is 0.733. The maximum atomic E-state index is 12.9. The topological polar surface area (TPSA) is 27.7 Å². The van der Waals surface area contributed by atoms with Gasteiger partial charge in [0.25, 0.3) is 0 Å². The smallest absolute Gasteiger partial charge is 0.126 e. The van der Waals surface area contributed by atoms with Crippen LogP contribution in [0.4, 0.5) is 4.39 Å². The first-order valence-electron chi connectivity index (χ1n) is 5.31. The molecule has 0 saturated heterocycles. The van der Waals surface area contributed by atoms with Gasteiger partial charge in [0.1, 0.15) is 18.2 Å². The van der Waals surface area contributed by atoms with Gasteiger partial charge in [-0.15, -0.1) is 0 Å². The first kappa shape index (κ1) is 11.4. The Hall–Kier alpha value is -1.13. The molecular formula is C12H15FO3. The van der Waals surface area contributed by atoms with Gasteiger partial charge in [-0.2, -0.15) is 0 Å². The van der Waals surface area contributed by atoms with Gasteiger partial charge in [-0.05, 0) is 11.6 Å². The molecule has 0 aliphatic carbocycles. The molecule has 3 nitrogen and oxygen atoms in total. The number of fused-ring (bicyclic) bond motifs is 1. The fourth-order valence-electron chi connectivity index (χ4n) is 1.72. The summed E-state index contributed by atoms with van der Waals surface area (Å²) in [4.78, 5) is 0. The van der Waals surface area contributed by atoms with E-state index in [0.29, 0.717) is 25.6 Å². The van der Waals surface area contributed by atoms with E-state index in [4.69, 9.17) is 14.2 Å². The highest BCUT2D eigenvalue weighted by Gasteiger charge is 2.20. The van der Waals surface area contributed by atoms with Gasteiger partial charge in [0.2, 0.25) is 0 Å². The van der Waals surface area contributed by atoms with Crippen molar-refractivity contribution in [3.05, 3.63) is 29.6 Å². The third kappa shape index (κ3) is 2.71. The van der Waals surface area contributed by atoms with Gasteiger partial charge in [0.05, 0.1) is 19.3 Å². The van der Waals surface area contributed by atoms with Crippen LogP contribution in [0.15, 0.2) is 18.2 Å². The number of hydrogen-bond acceptors (Lipinski definition) is 3. The van der Waals surface area contributed by atoms with Crippen LogP contribution >= 0.6 is 0 Å². The Morgan fingerprint density at radius 3 is 3.12 bits per heavy atom. The number of benzene rings is 1. The van der Waals surface area contributed by atoms with E-state index in [2.05, 4.69) is 0 Å². The molecule has 16 heavy (non-hydrogen) atoms. The van der Waals surface area contributed by atoms with Crippen LogP contribution in [-0.2, 0) is 15.9 Å². The molecule has 0 radical (unpaired) electrons. The first-order chi connectivity index (χ1) is 7.79. The lowest BCUT2D eigenvalue weighted by Crippen LogP contribution is -2.29. The second-order valence-corrected chi connectivity index (χ2v) is 3.75. The summed E-state index contributed by atoms with van der Waals surface area (Å²) in [5.74, 6) is 0.365. The second-order valence-electron chi connectivity index (χ2n) is 3.75. The van der Waals surface area contributed by atoms with Crippen LogP contribution in [0.1, 0.15) is 5.56 Å². The van der Waals surface area contributed by atoms with Crippen LogP contribution < -0.4 is 4.74 Å². The minimum Gasteiger partial charge on any atom is -0.490 e. The summed E-state index contributed by atoms with van der Waals surface area (Å²) in [6.07, 6.45) is 0.799. The van der Waals surface area contributed by atoms with Crippen molar-refractivity contribution in [1.29, 1.82) is 0 Å². The lowest BCUT2D eigenvalue weighted by atomic mass is 10.0. The zero-order valence-corrected chi connectivity index (χ0v) is 9.24. The molecular weight excluding hydrogens is 211 g/mol. The Morgan fingerprint density at radius 2 is 2.31 bits per heavy atom. The largest absolute Gasteiger partial charge is 0.490 e. The van der Waals surface area contributed by atoms with Crippen molar-refractivity contribution in [3.63, 3.8) is 0 Å². The highest BCUT2D eigenvalue weighted by molar-refractivity contribution is 5.36. The van der Waals surface area contributed by atoms with Gasteiger partial charge in [-0.3, -0.25) is 0 Å². The van der Waals surface area contributed by atoms with Gasteiger partial charge >= 0.3 is 0 Å². The average Bonchev–Trinajstić information content (AvgIpc) is 2.29. The minimum atomic E-state index is -0.266. The van der Waals surface area contributed by atoms with Crippen molar-refractivity contribution in [2.24, 2.45) is 0 Å². The number of halogens is 1. The molecule has 0 aromatic heterocycles. The lowest BCUT2D eigenvalue weighted by Gasteiger charge is -2.25. The summed E-state index contributed by atoms with van der Waals surface area (Å²) >= 11 is 0. The standard InChI is InChI=1S/C12H15FO3/c1-14-4-5-15-11-6-9-2-3-10(13)7-12(9)16-8-11/h2-3,7,11H,4-6,8H2,1H3/t11-/m1/s1. The first-order valence-corrected chi connectivity index (χ1v) is 5.31. The fraction of sp³-hybridized carbons (Fsp3) is 0.500. The van der Waals surface area contributed by atoms with Crippen LogP contribution in [0.5, 0.6) is 5.75 Å². The van der Waals surface area contributed by atoms with Crippen LogP contribution in [-0.4, -0.2) is 33.0 Å². The molecule has 88 valence electrons. The van der Waals surface area contributed by atoms with Crippen LogP contribution in [0.3, 0.4) is 0 Å². The Morgan fingerprint density at radius 1 is 1.44 bits per heavy atom. The molecule has 0 unspecified atom stereocenters. The van der Waals surface area contributed by atoms with Crippen molar-refractivity contribution in [2.75, 3.05) is 26.9 Å². The van der Waals surface area contributed by atoms with E-state index < -0.39 is 0 Å². The molecule has 1 aromatic rings. The SMILES string of the molecule is COCCO[C@H]1COc2cc(F)ccc2C1. The van der Waals surface area contributed by atoms with Gasteiger partial charge in [-0.1, -0.05) is 6.07 Å². The molecule has 1 aliphatic rings. The Bertz CT molecular complexity index is 354. The van der Waals surface area contributed by atoms with E-state index in [1.54, 1.807) is 13.2 Å². The Balaban J connectivity index is 1.93. The van der Waals surface area contributed by atoms with Crippen molar-refractivity contribution < 1.29 is 18.6 Å². The molecule has 0 bridgehead atoms. The maximum absolute atomic E-state index is 12.9. The highest BCUT2D eigenvalue weighted by Crippen LogP contribution is 2.26. The fourth-order valence-corrected chi connectivity index (χ4v) is 1.72. The highest BCUT2D eigenvalue weighted by atomic mass is 19.1. The summed E-state index contributed by atoms with van der Waals surface area (Å²) in [6, 6.07) is 4.61. The molecule has 1 heterocycles. The molecule has 1 aliphatic heterocycles. The van der Waals surface area contributed by atoms with Crippen LogP contribution in [0.25, 0.3) is 0 Å². The number of rotatable bonds is 4. The molecule has 2 rings (SSSR count). The summed E-state index contributed by atoms with van der Waals surface area (Å²) in [6.45, 7) is 1.61. The zero-order chi connectivity index (χ0) is 11.4. The third-order valence-electron chi connectivity index (χ3n) is 2.54. The normalized spacial score (nSPS) is 19.0. The number of ether oxygens (including phenoxy) is 3. The summed E-state index contributed by atoms with van der Waals surface area (Å²) in [7, 11) is 1.64. The predicted molar refractivity (Wildman–Crippen MR) is 57.2 cm³/mol. The van der Waals surface area contributed by atoms with Crippen LogP contribution in [0.2, 0.25) is 0 Å². The van der Waals surface area contributed by atoms with E-state index in [0.717, 1.165) is 12.0 Å². The van der Waals surface area contributed by atoms with Crippen LogP contribution in [0, 0.1) is 5.82 Å². The molecule has 0 amide bonds. The molecule has 0 saturated carbocycles. The summed E-state index contributed by atoms with van der Waals surface area (Å²) in [5.41, 5.74) is 0.995. The van der Waals surface area contributed by atoms with E-state index in [1.165, 1.54) is 12.1 Å². The van der Waals surface area contributed by atoms with Crippen molar-refractivity contribution in [2.45, 2.75) is 12.5 Å². The molecule has 0 fully saturated rings. The summed E-state index contributed by atoms with van der Waals surface area (Å²) in [5, 5.41) is 0. The van der Waals surface area contributed by atoms with E-state index in [-0.39, 0.29) is 11.9 Å². The van der Waals surface area contributed by atoms with E-state index >= 15 is 0 Å². The molecule has 0 N–H and O–H groups in total. The van der Waals surface area contributed by atoms with E-state index in [1.807, 2.05) is 0 Å². The predicted octanol–water partition coefficient (Wildman–Crippen LogP) is 1.79. The summed E-state index contributed by atoms with van der Waals surface area (Å²) < 4.78 is 28.8. The van der Waals surface area contributed by atoms with Gasteiger partial charge in [0.15, 0.2) is 0 Å². The minimum absolute atomic E-state index is 0.0353. The second kappa shape index (κ2) is 5.27. The number of methoxy groups -OCH3 is 1. The van der Waals surface area contributed by atoms with Crippen molar-refractivity contribution in [3.8, 4) is 5.75 Å². The van der Waals surface area contributed by atoms with Crippen molar-refractivity contribution >= 4 is 0 Å². The third-order valence-corrected chi connectivity index (χ3v) is 2.54. The zero-order valence-electron chi connectivity index (χ0n) is 9.24. The average molecular weight is 226 g/mol. The monoisotopic (exact) mass is 226 g/mol. The molecule has 1 aromatic carbocycles. The van der Waals surface area contributed by atoms with Gasteiger partial charge in [-0.25, -0.2) is 4.39 Å². The molecule has 1 atom stereocenters. The van der Waals surface area contributed by atoms with E-state index in [9.17, 15) is 4.39 Å². The van der Waals surface area contributed by atoms with Gasteiger partial charge < -0.3 is 14.2 Å².